The Morgan fingerprint density at radius 2 is 2.16 bits per heavy atom. The number of benzene rings is 1. The summed E-state index contributed by atoms with van der Waals surface area (Å²) in [6.45, 7) is 2.17. The van der Waals surface area contributed by atoms with E-state index in [-0.39, 0.29) is 5.91 Å². The van der Waals surface area contributed by atoms with Gasteiger partial charge in [0.25, 0.3) is 5.91 Å². The van der Waals surface area contributed by atoms with Gasteiger partial charge in [0.1, 0.15) is 11.6 Å². The summed E-state index contributed by atoms with van der Waals surface area (Å²) in [6.07, 6.45) is 6.17. The van der Waals surface area contributed by atoms with Gasteiger partial charge in [-0.3, -0.25) is 4.79 Å². The molecule has 4 rings (SSSR count). The topological polar surface area (TPSA) is 69.0 Å². The fourth-order valence-corrected chi connectivity index (χ4v) is 3.71. The van der Waals surface area contributed by atoms with Crippen molar-refractivity contribution in [1.82, 2.24) is 20.1 Å². The molecule has 0 unspecified atom stereocenters. The fourth-order valence-electron chi connectivity index (χ4n) is 3.71. The number of carbonyl (C=O) groups is 1. The van der Waals surface area contributed by atoms with Crippen molar-refractivity contribution in [3.8, 4) is 5.75 Å². The van der Waals surface area contributed by atoms with E-state index >= 15 is 0 Å². The highest BCUT2D eigenvalue weighted by Crippen LogP contribution is 2.26. The molecule has 0 spiro atoms. The van der Waals surface area contributed by atoms with Gasteiger partial charge in [-0.2, -0.15) is 0 Å². The highest BCUT2D eigenvalue weighted by molar-refractivity contribution is 5.90. The molecular formula is C19H24N4O2. The molecule has 2 aliphatic heterocycles. The summed E-state index contributed by atoms with van der Waals surface area (Å²) in [4.78, 5) is 12.6. The zero-order valence-electron chi connectivity index (χ0n) is 14.4. The Balaban J connectivity index is 1.40. The number of hydrogen-bond acceptors (Lipinski definition) is 4. The quantitative estimate of drug-likeness (QED) is 0.931. The Morgan fingerprint density at radius 1 is 1.24 bits per heavy atom. The van der Waals surface area contributed by atoms with Crippen LogP contribution < -0.4 is 10.1 Å². The molecule has 0 saturated carbocycles. The van der Waals surface area contributed by atoms with Crippen LogP contribution in [0.15, 0.2) is 24.3 Å². The second kappa shape index (κ2) is 7.25. The number of carbonyl (C=O) groups excluding carboxylic acids is 1. The standard InChI is InChI=1S/C19H24N4O2/c24-19(18-22-21-17-8-2-1-5-10-23(17)18)20-13-14-9-11-25-16-7-4-3-6-15(16)12-14/h3-4,6-7,14H,1-2,5,8-13H2,(H,20,24)/t14-/m1/s1. The number of aromatic nitrogens is 3. The summed E-state index contributed by atoms with van der Waals surface area (Å²) in [5.74, 6) is 2.64. The maximum absolute atomic E-state index is 12.6. The predicted molar refractivity (Wildman–Crippen MR) is 93.7 cm³/mol. The van der Waals surface area contributed by atoms with Crippen LogP contribution in [-0.4, -0.2) is 33.8 Å². The zero-order chi connectivity index (χ0) is 17.1. The van der Waals surface area contributed by atoms with Gasteiger partial charge < -0.3 is 14.6 Å². The van der Waals surface area contributed by atoms with Gasteiger partial charge in [0.15, 0.2) is 0 Å². The first-order valence-corrected chi connectivity index (χ1v) is 9.22. The van der Waals surface area contributed by atoms with Crippen LogP contribution in [0.4, 0.5) is 0 Å². The number of nitrogens with one attached hydrogen (secondary N) is 1. The van der Waals surface area contributed by atoms with Crippen molar-refractivity contribution >= 4 is 5.91 Å². The van der Waals surface area contributed by atoms with E-state index in [2.05, 4.69) is 21.6 Å². The molecule has 0 bridgehead atoms. The third kappa shape index (κ3) is 3.52. The Hall–Kier alpha value is -2.37. The van der Waals surface area contributed by atoms with Gasteiger partial charge in [-0.1, -0.05) is 24.6 Å². The number of fused-ring (bicyclic) bond motifs is 2. The summed E-state index contributed by atoms with van der Waals surface area (Å²) < 4.78 is 7.80. The normalized spacial score (nSPS) is 19.8. The summed E-state index contributed by atoms with van der Waals surface area (Å²) in [5, 5.41) is 11.4. The number of rotatable bonds is 3. The molecule has 0 fully saturated rings. The Bertz CT molecular complexity index is 756. The van der Waals surface area contributed by atoms with E-state index in [1.807, 2.05) is 22.8 Å². The molecule has 1 aromatic carbocycles. The van der Waals surface area contributed by atoms with Gasteiger partial charge >= 0.3 is 0 Å². The molecule has 25 heavy (non-hydrogen) atoms. The van der Waals surface area contributed by atoms with Crippen molar-refractivity contribution in [2.45, 2.75) is 45.1 Å². The van der Waals surface area contributed by atoms with Gasteiger partial charge in [-0.15, -0.1) is 10.2 Å². The van der Waals surface area contributed by atoms with Crippen molar-refractivity contribution in [2.75, 3.05) is 13.2 Å². The highest BCUT2D eigenvalue weighted by atomic mass is 16.5. The van der Waals surface area contributed by atoms with Crippen LogP contribution in [0.5, 0.6) is 5.75 Å². The molecule has 0 saturated heterocycles. The van der Waals surface area contributed by atoms with Gasteiger partial charge in [0.05, 0.1) is 6.61 Å². The summed E-state index contributed by atoms with van der Waals surface area (Å²) in [6, 6.07) is 8.15. The van der Waals surface area contributed by atoms with E-state index in [1.165, 1.54) is 12.0 Å². The molecule has 1 amide bonds. The summed E-state index contributed by atoms with van der Waals surface area (Å²) in [5.41, 5.74) is 1.22. The second-order valence-electron chi connectivity index (χ2n) is 6.93. The molecule has 2 aliphatic rings. The number of ether oxygens (including phenoxy) is 1. The Morgan fingerprint density at radius 3 is 3.12 bits per heavy atom. The van der Waals surface area contributed by atoms with E-state index in [0.29, 0.717) is 24.9 Å². The summed E-state index contributed by atoms with van der Waals surface area (Å²) >= 11 is 0. The second-order valence-corrected chi connectivity index (χ2v) is 6.93. The molecule has 1 atom stereocenters. The molecule has 2 aromatic rings. The van der Waals surface area contributed by atoms with Gasteiger partial charge in [-0.25, -0.2) is 0 Å². The molecule has 0 radical (unpaired) electrons. The zero-order valence-corrected chi connectivity index (χ0v) is 14.4. The van der Waals surface area contributed by atoms with Crippen LogP contribution >= 0.6 is 0 Å². The number of aryl methyl sites for hydroxylation is 1. The minimum absolute atomic E-state index is 0.112. The molecule has 0 aliphatic carbocycles. The average molecular weight is 340 g/mol. The van der Waals surface area contributed by atoms with Crippen molar-refractivity contribution in [3.63, 3.8) is 0 Å². The lowest BCUT2D eigenvalue weighted by Gasteiger charge is -2.14. The van der Waals surface area contributed by atoms with E-state index in [9.17, 15) is 4.79 Å². The third-order valence-corrected chi connectivity index (χ3v) is 5.13. The van der Waals surface area contributed by atoms with Crippen LogP contribution in [0.1, 0.15) is 47.7 Å². The largest absolute Gasteiger partial charge is 0.493 e. The smallest absolute Gasteiger partial charge is 0.289 e. The first kappa shape index (κ1) is 16.1. The van der Waals surface area contributed by atoms with Crippen LogP contribution in [0, 0.1) is 5.92 Å². The van der Waals surface area contributed by atoms with Crippen molar-refractivity contribution in [3.05, 3.63) is 41.5 Å². The van der Waals surface area contributed by atoms with Crippen molar-refractivity contribution in [2.24, 2.45) is 5.92 Å². The molecule has 3 heterocycles. The van der Waals surface area contributed by atoms with Crippen molar-refractivity contribution in [1.29, 1.82) is 0 Å². The van der Waals surface area contributed by atoms with Crippen LogP contribution in [0.25, 0.3) is 0 Å². The van der Waals surface area contributed by atoms with Crippen LogP contribution in [-0.2, 0) is 19.4 Å². The molecular weight excluding hydrogens is 316 g/mol. The van der Waals surface area contributed by atoms with E-state index < -0.39 is 0 Å². The predicted octanol–water partition coefficient (Wildman–Crippen LogP) is 2.38. The number of hydrogen-bond donors (Lipinski definition) is 1. The lowest BCUT2D eigenvalue weighted by Crippen LogP contribution is -2.32. The van der Waals surface area contributed by atoms with Gasteiger partial charge in [0.2, 0.25) is 5.82 Å². The van der Waals surface area contributed by atoms with Crippen LogP contribution in [0.3, 0.4) is 0 Å². The van der Waals surface area contributed by atoms with Gasteiger partial charge in [-0.05, 0) is 43.2 Å². The first-order valence-electron chi connectivity index (χ1n) is 9.22. The van der Waals surface area contributed by atoms with Gasteiger partial charge in [0, 0.05) is 19.5 Å². The monoisotopic (exact) mass is 340 g/mol. The lowest BCUT2D eigenvalue weighted by molar-refractivity contribution is 0.0930. The first-order chi connectivity index (χ1) is 12.3. The summed E-state index contributed by atoms with van der Waals surface area (Å²) in [7, 11) is 0. The average Bonchev–Trinajstić information content (AvgIpc) is 2.80. The highest BCUT2D eigenvalue weighted by Gasteiger charge is 2.22. The van der Waals surface area contributed by atoms with Crippen molar-refractivity contribution < 1.29 is 9.53 Å². The molecule has 1 aromatic heterocycles. The maximum atomic E-state index is 12.6. The minimum atomic E-state index is -0.112. The third-order valence-electron chi connectivity index (χ3n) is 5.13. The Kier molecular flexibility index (Phi) is 4.68. The molecule has 6 nitrogen and oxygen atoms in total. The fraction of sp³-hybridized carbons (Fsp3) is 0.526. The number of para-hydroxylation sites is 1. The molecule has 6 heteroatoms. The maximum Gasteiger partial charge on any atom is 0.289 e. The number of amides is 1. The van der Waals surface area contributed by atoms with E-state index in [1.54, 1.807) is 0 Å². The lowest BCUT2D eigenvalue weighted by atomic mass is 9.97. The number of nitrogens with zero attached hydrogens (tertiary/aromatic N) is 3. The molecule has 132 valence electrons. The van der Waals surface area contributed by atoms with E-state index in [0.717, 1.165) is 50.2 Å². The SMILES string of the molecule is O=C(NC[C@@H]1CCOc2ccccc2C1)c1nnc2n1CCCCC2. The Labute approximate surface area is 147 Å². The van der Waals surface area contributed by atoms with E-state index in [4.69, 9.17) is 4.74 Å². The molecule has 1 N–H and O–H groups in total. The minimum Gasteiger partial charge on any atom is -0.493 e. The van der Waals surface area contributed by atoms with Crippen LogP contribution in [0.2, 0.25) is 0 Å².